The van der Waals surface area contributed by atoms with Gasteiger partial charge in [-0.15, -0.1) is 6.42 Å². The Balaban J connectivity index is 2.11. The van der Waals surface area contributed by atoms with Gasteiger partial charge in [-0.3, -0.25) is 0 Å². The highest BCUT2D eigenvalue weighted by Gasteiger charge is 2.55. The molecule has 1 saturated heterocycles. The van der Waals surface area contributed by atoms with Crippen molar-refractivity contribution in [2.75, 3.05) is 0 Å². The minimum absolute atomic E-state index is 0.0851. The highest BCUT2D eigenvalue weighted by atomic mass is 16.6. The zero-order chi connectivity index (χ0) is 6.32. The summed E-state index contributed by atoms with van der Waals surface area (Å²) < 4.78 is 5.38. The molecule has 2 atom stereocenters. The second-order valence-corrected chi connectivity index (χ2v) is 2.89. The molecule has 2 rings (SSSR count). The van der Waals surface area contributed by atoms with Gasteiger partial charge in [-0.2, -0.15) is 0 Å². The second-order valence-electron chi connectivity index (χ2n) is 2.89. The van der Waals surface area contributed by atoms with E-state index < -0.39 is 0 Å². The SMILES string of the molecule is C#C[C@@]12CCCC[C@H]1O2. The van der Waals surface area contributed by atoms with Crippen molar-refractivity contribution in [3.8, 4) is 12.3 Å². The van der Waals surface area contributed by atoms with Crippen LogP contribution in [0.5, 0.6) is 0 Å². The first-order valence-electron chi connectivity index (χ1n) is 3.53. The van der Waals surface area contributed by atoms with E-state index in [9.17, 15) is 0 Å². The van der Waals surface area contributed by atoms with Crippen LogP contribution in [0.4, 0.5) is 0 Å². The number of terminal acetylenes is 1. The summed E-state index contributed by atoms with van der Waals surface area (Å²) in [6.07, 6.45) is 10.6. The average Bonchev–Trinajstić information content (AvgIpc) is 2.62. The molecule has 2 fully saturated rings. The van der Waals surface area contributed by atoms with E-state index in [1.165, 1.54) is 19.3 Å². The second kappa shape index (κ2) is 1.52. The largest absolute Gasteiger partial charge is 0.352 e. The molecule has 48 valence electrons. The topological polar surface area (TPSA) is 12.5 Å². The Kier molecular flexibility index (Phi) is 0.896. The monoisotopic (exact) mass is 122 g/mol. The first-order valence-corrected chi connectivity index (χ1v) is 3.53. The van der Waals surface area contributed by atoms with Crippen LogP contribution < -0.4 is 0 Å². The Hall–Kier alpha value is -0.480. The van der Waals surface area contributed by atoms with Gasteiger partial charge in [0, 0.05) is 0 Å². The zero-order valence-electron chi connectivity index (χ0n) is 5.39. The number of fused-ring (bicyclic) bond motifs is 1. The number of ether oxygens (including phenoxy) is 1. The molecule has 0 radical (unpaired) electrons. The lowest BCUT2D eigenvalue weighted by atomic mass is 9.90. The molecule has 0 amide bonds. The van der Waals surface area contributed by atoms with Crippen molar-refractivity contribution < 1.29 is 4.74 Å². The van der Waals surface area contributed by atoms with E-state index in [-0.39, 0.29) is 5.60 Å². The lowest BCUT2D eigenvalue weighted by molar-refractivity contribution is 0.336. The number of epoxide rings is 1. The molecular formula is C8H10O. The molecule has 1 saturated carbocycles. The van der Waals surface area contributed by atoms with E-state index in [4.69, 9.17) is 11.2 Å². The van der Waals surface area contributed by atoms with E-state index in [1.807, 2.05) is 0 Å². The lowest BCUT2D eigenvalue weighted by Gasteiger charge is -2.09. The standard InChI is InChI=1S/C8H10O/c1-2-8-6-4-3-5-7(8)9-8/h1,7H,3-6H2/t7-,8-/m1/s1. The summed E-state index contributed by atoms with van der Waals surface area (Å²) in [5.74, 6) is 2.73. The third-order valence-electron chi connectivity index (χ3n) is 2.32. The molecule has 0 unspecified atom stereocenters. The predicted molar refractivity (Wildman–Crippen MR) is 34.9 cm³/mol. The molecule has 1 heteroatoms. The fourth-order valence-corrected chi connectivity index (χ4v) is 1.65. The Morgan fingerprint density at radius 2 is 2.44 bits per heavy atom. The van der Waals surface area contributed by atoms with Crippen molar-refractivity contribution in [1.82, 2.24) is 0 Å². The van der Waals surface area contributed by atoms with Gasteiger partial charge in [-0.25, -0.2) is 0 Å². The minimum atomic E-state index is -0.0851. The minimum Gasteiger partial charge on any atom is -0.352 e. The normalized spacial score (nSPS) is 47.2. The molecular weight excluding hydrogens is 112 g/mol. The molecule has 1 nitrogen and oxygen atoms in total. The Morgan fingerprint density at radius 1 is 1.56 bits per heavy atom. The van der Waals surface area contributed by atoms with Crippen molar-refractivity contribution in [3.05, 3.63) is 0 Å². The van der Waals surface area contributed by atoms with Gasteiger partial charge in [-0.05, 0) is 19.3 Å². The molecule has 0 aromatic carbocycles. The van der Waals surface area contributed by atoms with Crippen LogP contribution in [0.15, 0.2) is 0 Å². The first kappa shape index (κ1) is 5.32. The van der Waals surface area contributed by atoms with Crippen molar-refractivity contribution >= 4 is 0 Å². The van der Waals surface area contributed by atoms with Crippen molar-refractivity contribution in [2.45, 2.75) is 37.4 Å². The Labute approximate surface area is 55.4 Å². The van der Waals surface area contributed by atoms with Gasteiger partial charge in [0.25, 0.3) is 0 Å². The molecule has 0 aromatic rings. The van der Waals surface area contributed by atoms with Gasteiger partial charge < -0.3 is 4.74 Å². The zero-order valence-corrected chi connectivity index (χ0v) is 5.39. The van der Waals surface area contributed by atoms with Crippen LogP contribution in [-0.4, -0.2) is 11.7 Å². The maximum Gasteiger partial charge on any atom is 0.154 e. The summed E-state index contributed by atoms with van der Waals surface area (Å²) in [7, 11) is 0. The quantitative estimate of drug-likeness (QED) is 0.349. The van der Waals surface area contributed by atoms with Crippen LogP contribution in [0.1, 0.15) is 25.7 Å². The van der Waals surface area contributed by atoms with Gasteiger partial charge >= 0.3 is 0 Å². The fraction of sp³-hybridized carbons (Fsp3) is 0.750. The van der Waals surface area contributed by atoms with Crippen LogP contribution in [0.2, 0.25) is 0 Å². The number of rotatable bonds is 0. The van der Waals surface area contributed by atoms with Gasteiger partial charge in [0.05, 0.1) is 6.10 Å². The van der Waals surface area contributed by atoms with E-state index in [1.54, 1.807) is 0 Å². The molecule has 0 bridgehead atoms. The maximum absolute atomic E-state index is 5.38. The van der Waals surface area contributed by atoms with Crippen molar-refractivity contribution in [3.63, 3.8) is 0 Å². The molecule has 0 spiro atoms. The third kappa shape index (κ3) is 0.601. The van der Waals surface area contributed by atoms with Crippen LogP contribution in [0, 0.1) is 12.3 Å². The molecule has 1 aliphatic carbocycles. The molecule has 2 aliphatic rings. The summed E-state index contributed by atoms with van der Waals surface area (Å²) in [4.78, 5) is 0. The third-order valence-corrected chi connectivity index (χ3v) is 2.32. The predicted octanol–water partition coefficient (Wildman–Crippen LogP) is 1.33. The smallest absolute Gasteiger partial charge is 0.154 e. The summed E-state index contributed by atoms with van der Waals surface area (Å²) >= 11 is 0. The molecule has 1 heterocycles. The van der Waals surface area contributed by atoms with E-state index in [2.05, 4.69) is 5.92 Å². The van der Waals surface area contributed by atoms with E-state index in [0.29, 0.717) is 6.10 Å². The van der Waals surface area contributed by atoms with Crippen LogP contribution in [-0.2, 0) is 4.74 Å². The van der Waals surface area contributed by atoms with Crippen molar-refractivity contribution in [1.29, 1.82) is 0 Å². The molecule has 1 aliphatic heterocycles. The highest BCUT2D eigenvalue weighted by molar-refractivity contribution is 5.23. The van der Waals surface area contributed by atoms with E-state index >= 15 is 0 Å². The number of hydrogen-bond acceptors (Lipinski definition) is 1. The first-order chi connectivity index (χ1) is 4.37. The summed E-state index contributed by atoms with van der Waals surface area (Å²) in [6, 6.07) is 0. The van der Waals surface area contributed by atoms with Gasteiger partial charge in [-0.1, -0.05) is 12.3 Å². The lowest BCUT2D eigenvalue weighted by Crippen LogP contribution is -2.16. The van der Waals surface area contributed by atoms with E-state index in [0.717, 1.165) is 6.42 Å². The molecule has 0 N–H and O–H groups in total. The van der Waals surface area contributed by atoms with Crippen LogP contribution in [0.3, 0.4) is 0 Å². The molecule has 9 heavy (non-hydrogen) atoms. The Morgan fingerprint density at radius 3 is 3.00 bits per heavy atom. The summed E-state index contributed by atoms with van der Waals surface area (Å²) in [6.45, 7) is 0. The average molecular weight is 122 g/mol. The van der Waals surface area contributed by atoms with Gasteiger partial charge in [0.1, 0.15) is 0 Å². The van der Waals surface area contributed by atoms with Crippen molar-refractivity contribution in [2.24, 2.45) is 0 Å². The van der Waals surface area contributed by atoms with Gasteiger partial charge in [0.2, 0.25) is 0 Å². The highest BCUT2D eigenvalue weighted by Crippen LogP contribution is 2.46. The molecule has 0 aromatic heterocycles. The van der Waals surface area contributed by atoms with Crippen LogP contribution >= 0.6 is 0 Å². The fourth-order valence-electron chi connectivity index (χ4n) is 1.65. The number of hydrogen-bond donors (Lipinski definition) is 0. The summed E-state index contributed by atoms with van der Waals surface area (Å²) in [5, 5.41) is 0. The Bertz CT molecular complexity index is 168. The van der Waals surface area contributed by atoms with Gasteiger partial charge in [0.15, 0.2) is 5.60 Å². The van der Waals surface area contributed by atoms with Crippen LogP contribution in [0.25, 0.3) is 0 Å². The maximum atomic E-state index is 5.38. The summed E-state index contributed by atoms with van der Waals surface area (Å²) in [5.41, 5.74) is -0.0851.